The highest BCUT2D eigenvalue weighted by Gasteiger charge is 2.31. The van der Waals surface area contributed by atoms with Crippen molar-refractivity contribution < 1.29 is 27.5 Å². The van der Waals surface area contributed by atoms with Crippen LogP contribution in [0.3, 0.4) is 0 Å². The van der Waals surface area contributed by atoms with E-state index >= 15 is 0 Å². The van der Waals surface area contributed by atoms with Crippen molar-refractivity contribution in [3.8, 4) is 0 Å². The number of ether oxygens (including phenoxy) is 1. The van der Waals surface area contributed by atoms with E-state index < -0.39 is 40.5 Å². The molecule has 0 bridgehead atoms. The summed E-state index contributed by atoms with van der Waals surface area (Å²) < 4.78 is 30.1. The maximum absolute atomic E-state index is 12.3. The minimum atomic E-state index is -3.60. The summed E-state index contributed by atoms with van der Waals surface area (Å²) in [5.74, 6) is -1.82. The van der Waals surface area contributed by atoms with Crippen molar-refractivity contribution in [2.24, 2.45) is 5.73 Å². The monoisotopic (exact) mass is 397 g/mol. The van der Waals surface area contributed by atoms with Crippen molar-refractivity contribution >= 4 is 27.8 Å². The highest BCUT2D eigenvalue weighted by atomic mass is 32.2. The van der Waals surface area contributed by atoms with Crippen molar-refractivity contribution in [3.05, 3.63) is 29.8 Å². The summed E-state index contributed by atoms with van der Waals surface area (Å²) >= 11 is 0. The van der Waals surface area contributed by atoms with Gasteiger partial charge in [0.1, 0.15) is 6.04 Å². The summed E-state index contributed by atoms with van der Waals surface area (Å²) in [6, 6.07) is 4.54. The summed E-state index contributed by atoms with van der Waals surface area (Å²) in [4.78, 5) is 37.2. The van der Waals surface area contributed by atoms with E-state index in [9.17, 15) is 22.8 Å². The first-order valence-corrected chi connectivity index (χ1v) is 9.87. The van der Waals surface area contributed by atoms with E-state index in [0.717, 1.165) is 17.1 Å². The Hall–Kier alpha value is -2.46. The van der Waals surface area contributed by atoms with Crippen molar-refractivity contribution in [2.45, 2.75) is 30.2 Å². The normalized spacial score (nSPS) is 17.6. The number of sulfonamides is 1. The van der Waals surface area contributed by atoms with E-state index in [1.54, 1.807) is 0 Å². The summed E-state index contributed by atoms with van der Waals surface area (Å²) in [6.45, 7) is -0.124. The third kappa shape index (κ3) is 4.83. The Morgan fingerprint density at radius 2 is 1.81 bits per heavy atom. The number of amides is 2. The Kier molecular flexibility index (Phi) is 6.55. The number of nitrogens with zero attached hydrogens (tertiary/aromatic N) is 2. The van der Waals surface area contributed by atoms with Crippen LogP contribution in [0.2, 0.25) is 0 Å². The van der Waals surface area contributed by atoms with Crippen LogP contribution in [-0.2, 0) is 24.3 Å². The molecule has 1 atom stereocenters. The van der Waals surface area contributed by atoms with Crippen molar-refractivity contribution in [3.63, 3.8) is 0 Å². The summed E-state index contributed by atoms with van der Waals surface area (Å²) in [5.41, 5.74) is 5.44. The fourth-order valence-corrected chi connectivity index (χ4v) is 3.69. The van der Waals surface area contributed by atoms with E-state index in [-0.39, 0.29) is 10.5 Å². The molecule has 2 N–H and O–H groups in total. The highest BCUT2D eigenvalue weighted by Crippen LogP contribution is 2.18. The molecule has 10 heteroatoms. The van der Waals surface area contributed by atoms with E-state index in [1.807, 2.05) is 0 Å². The van der Waals surface area contributed by atoms with Crippen LogP contribution in [0.15, 0.2) is 29.2 Å². The topological polar surface area (TPSA) is 127 Å². The number of rotatable bonds is 6. The molecule has 1 aromatic rings. The van der Waals surface area contributed by atoms with Crippen LogP contribution >= 0.6 is 0 Å². The van der Waals surface area contributed by atoms with Crippen molar-refractivity contribution in [2.75, 3.05) is 27.2 Å². The van der Waals surface area contributed by atoms with Gasteiger partial charge in [0.05, 0.1) is 10.5 Å². The standard InChI is InChI=1S/C17H23N3O6S/c1-19(2)27(24,25)13-8-6-12(7-9-13)17(23)26-11-15(21)20-10-4-3-5-14(20)16(18)22/h6-9,14H,3-5,10-11H2,1-2H3,(H2,18,22)/t14-/m1/s1. The first-order chi connectivity index (χ1) is 12.6. The molecule has 1 heterocycles. The van der Waals surface area contributed by atoms with Gasteiger partial charge in [-0.25, -0.2) is 17.5 Å². The molecule has 0 aliphatic carbocycles. The molecular formula is C17H23N3O6S. The Labute approximate surface area is 158 Å². The Balaban J connectivity index is 1.99. The largest absolute Gasteiger partial charge is 0.452 e. The lowest BCUT2D eigenvalue weighted by Gasteiger charge is -2.33. The smallest absolute Gasteiger partial charge is 0.338 e. The summed E-state index contributed by atoms with van der Waals surface area (Å²) in [5, 5.41) is 0. The number of hydrogen-bond donors (Lipinski definition) is 1. The molecule has 0 unspecified atom stereocenters. The quantitative estimate of drug-likeness (QED) is 0.671. The molecule has 27 heavy (non-hydrogen) atoms. The van der Waals surface area contributed by atoms with Crippen LogP contribution in [0, 0.1) is 0 Å². The Morgan fingerprint density at radius 3 is 2.37 bits per heavy atom. The number of primary amides is 1. The van der Waals surface area contributed by atoms with E-state index in [1.165, 1.54) is 43.3 Å². The highest BCUT2D eigenvalue weighted by molar-refractivity contribution is 7.89. The van der Waals surface area contributed by atoms with Gasteiger partial charge in [-0.2, -0.15) is 0 Å². The lowest BCUT2D eigenvalue weighted by Crippen LogP contribution is -2.51. The third-order valence-electron chi connectivity index (χ3n) is 4.35. The molecule has 2 rings (SSSR count). The van der Waals surface area contributed by atoms with Crippen LogP contribution in [-0.4, -0.2) is 68.7 Å². The lowest BCUT2D eigenvalue weighted by atomic mass is 10.0. The molecule has 9 nitrogen and oxygen atoms in total. The van der Waals surface area contributed by atoms with Crippen LogP contribution in [0.4, 0.5) is 0 Å². The number of nitrogens with two attached hydrogens (primary N) is 1. The van der Waals surface area contributed by atoms with Crippen LogP contribution in [0.5, 0.6) is 0 Å². The van der Waals surface area contributed by atoms with Gasteiger partial charge >= 0.3 is 5.97 Å². The number of esters is 1. The molecule has 0 spiro atoms. The van der Waals surface area contributed by atoms with Crippen LogP contribution in [0.1, 0.15) is 29.6 Å². The third-order valence-corrected chi connectivity index (χ3v) is 6.18. The number of likely N-dealkylation sites (tertiary alicyclic amines) is 1. The second-order valence-electron chi connectivity index (χ2n) is 6.39. The molecule has 1 saturated heterocycles. The number of carbonyl (C=O) groups is 3. The molecule has 148 valence electrons. The van der Waals surface area contributed by atoms with Gasteiger partial charge in [-0.05, 0) is 43.5 Å². The fraction of sp³-hybridized carbons (Fsp3) is 0.471. The summed E-state index contributed by atoms with van der Waals surface area (Å²) in [7, 11) is -0.786. The molecule has 1 aliphatic heterocycles. The first kappa shape index (κ1) is 20.8. The van der Waals surface area contributed by atoms with Gasteiger partial charge in [-0.15, -0.1) is 0 Å². The van der Waals surface area contributed by atoms with Gasteiger partial charge in [0.2, 0.25) is 15.9 Å². The molecule has 0 saturated carbocycles. The number of piperidine rings is 1. The second kappa shape index (κ2) is 8.49. The average molecular weight is 397 g/mol. The van der Waals surface area contributed by atoms with E-state index in [4.69, 9.17) is 10.5 Å². The molecule has 0 radical (unpaired) electrons. The number of hydrogen-bond acceptors (Lipinski definition) is 6. The van der Waals surface area contributed by atoms with Gasteiger partial charge in [0, 0.05) is 20.6 Å². The van der Waals surface area contributed by atoms with Gasteiger partial charge in [0.25, 0.3) is 5.91 Å². The number of carbonyl (C=O) groups excluding carboxylic acids is 3. The van der Waals surface area contributed by atoms with Gasteiger partial charge in [-0.1, -0.05) is 0 Å². The summed E-state index contributed by atoms with van der Waals surface area (Å²) in [6.07, 6.45) is 2.06. The molecule has 0 aromatic heterocycles. The fourth-order valence-electron chi connectivity index (χ4n) is 2.79. The van der Waals surface area contributed by atoms with E-state index in [0.29, 0.717) is 13.0 Å². The second-order valence-corrected chi connectivity index (χ2v) is 8.54. The zero-order valence-corrected chi connectivity index (χ0v) is 16.1. The van der Waals surface area contributed by atoms with Gasteiger partial charge < -0.3 is 15.4 Å². The minimum Gasteiger partial charge on any atom is -0.452 e. The van der Waals surface area contributed by atoms with Crippen LogP contribution < -0.4 is 5.73 Å². The van der Waals surface area contributed by atoms with Crippen molar-refractivity contribution in [1.82, 2.24) is 9.21 Å². The van der Waals surface area contributed by atoms with Crippen molar-refractivity contribution in [1.29, 1.82) is 0 Å². The Bertz CT molecular complexity index is 820. The zero-order chi connectivity index (χ0) is 20.2. The van der Waals surface area contributed by atoms with Crippen LogP contribution in [0.25, 0.3) is 0 Å². The molecule has 1 aliphatic rings. The number of benzene rings is 1. The average Bonchev–Trinajstić information content (AvgIpc) is 2.65. The molecular weight excluding hydrogens is 374 g/mol. The molecule has 1 fully saturated rings. The SMILES string of the molecule is CN(C)S(=O)(=O)c1ccc(C(=O)OCC(=O)N2CCCC[C@@H]2C(N)=O)cc1. The predicted octanol–water partition coefficient (Wildman–Crippen LogP) is -0.0399. The predicted molar refractivity (Wildman–Crippen MR) is 96.1 cm³/mol. The minimum absolute atomic E-state index is 0.0396. The maximum Gasteiger partial charge on any atom is 0.338 e. The molecule has 2 amide bonds. The first-order valence-electron chi connectivity index (χ1n) is 8.43. The maximum atomic E-state index is 12.3. The zero-order valence-electron chi connectivity index (χ0n) is 15.3. The Morgan fingerprint density at radius 1 is 1.19 bits per heavy atom. The van der Waals surface area contributed by atoms with Gasteiger partial charge in [0.15, 0.2) is 6.61 Å². The molecule has 1 aromatic carbocycles. The van der Waals surface area contributed by atoms with E-state index in [2.05, 4.69) is 0 Å². The lowest BCUT2D eigenvalue weighted by molar-refractivity contribution is -0.143. The van der Waals surface area contributed by atoms with Gasteiger partial charge in [-0.3, -0.25) is 9.59 Å².